The fourth-order valence-corrected chi connectivity index (χ4v) is 1.70. The quantitative estimate of drug-likeness (QED) is 0.663. The van der Waals surface area contributed by atoms with Gasteiger partial charge in [-0.2, -0.15) is 0 Å². The highest BCUT2D eigenvalue weighted by Crippen LogP contribution is 2.21. The second-order valence-corrected chi connectivity index (χ2v) is 4.92. The molecule has 14 heavy (non-hydrogen) atoms. The maximum absolute atomic E-state index is 10.1. The highest BCUT2D eigenvalue weighted by Gasteiger charge is 2.23. The highest BCUT2D eigenvalue weighted by molar-refractivity contribution is 4.79. The molecule has 1 unspecified atom stereocenters. The predicted octanol–water partition coefficient (Wildman–Crippen LogP) is 2.56. The smallest absolute Gasteiger partial charge is 0.0746 e. The molecule has 86 valence electrons. The molecule has 0 radical (unpaired) electrons. The van der Waals surface area contributed by atoms with Crippen LogP contribution in [0.5, 0.6) is 0 Å². The normalized spacial score (nSPS) is 16.3. The Labute approximate surface area is 89.1 Å². The van der Waals surface area contributed by atoms with E-state index in [-0.39, 0.29) is 0 Å². The molecule has 2 nitrogen and oxygen atoms in total. The fourth-order valence-electron chi connectivity index (χ4n) is 1.70. The zero-order chi connectivity index (χ0) is 11.2. The van der Waals surface area contributed by atoms with Gasteiger partial charge in [-0.1, -0.05) is 40.5 Å². The largest absolute Gasteiger partial charge is 0.389 e. The lowest BCUT2D eigenvalue weighted by atomic mass is 9.88. The van der Waals surface area contributed by atoms with Crippen molar-refractivity contribution in [2.24, 2.45) is 5.92 Å². The van der Waals surface area contributed by atoms with Crippen molar-refractivity contribution >= 4 is 0 Å². The molecule has 2 N–H and O–H groups in total. The van der Waals surface area contributed by atoms with Crippen LogP contribution in [-0.2, 0) is 0 Å². The summed E-state index contributed by atoms with van der Waals surface area (Å²) in [5.41, 5.74) is -0.555. The molecule has 0 aromatic rings. The first-order valence-corrected chi connectivity index (χ1v) is 5.87. The van der Waals surface area contributed by atoms with E-state index >= 15 is 0 Å². The zero-order valence-corrected chi connectivity index (χ0v) is 10.4. The van der Waals surface area contributed by atoms with Crippen LogP contribution in [0, 0.1) is 5.92 Å². The summed E-state index contributed by atoms with van der Waals surface area (Å²) in [6.45, 7) is 11.2. The second kappa shape index (κ2) is 6.41. The van der Waals surface area contributed by atoms with Crippen molar-refractivity contribution in [3.63, 3.8) is 0 Å². The molecule has 0 heterocycles. The maximum atomic E-state index is 10.1. The lowest BCUT2D eigenvalue weighted by Crippen LogP contribution is -2.41. The molecule has 0 aliphatic heterocycles. The SMILES string of the molecule is CCC(CC)CC(C)(O)CNC(C)C. The van der Waals surface area contributed by atoms with Crippen molar-refractivity contribution in [3.8, 4) is 0 Å². The van der Waals surface area contributed by atoms with Crippen molar-refractivity contribution in [2.75, 3.05) is 6.54 Å². The van der Waals surface area contributed by atoms with Crippen LogP contribution in [-0.4, -0.2) is 23.3 Å². The van der Waals surface area contributed by atoms with E-state index in [0.29, 0.717) is 18.5 Å². The first-order valence-electron chi connectivity index (χ1n) is 5.87. The van der Waals surface area contributed by atoms with E-state index in [1.165, 1.54) is 0 Å². The molecular formula is C12H27NO. The van der Waals surface area contributed by atoms with Gasteiger partial charge in [-0.05, 0) is 19.3 Å². The van der Waals surface area contributed by atoms with Crippen LogP contribution >= 0.6 is 0 Å². The van der Waals surface area contributed by atoms with Gasteiger partial charge in [0.1, 0.15) is 0 Å². The Morgan fingerprint density at radius 1 is 1.21 bits per heavy atom. The number of aliphatic hydroxyl groups is 1. The van der Waals surface area contributed by atoms with Gasteiger partial charge in [0.2, 0.25) is 0 Å². The predicted molar refractivity (Wildman–Crippen MR) is 62.5 cm³/mol. The summed E-state index contributed by atoms with van der Waals surface area (Å²) in [5, 5.41) is 13.4. The third-order valence-corrected chi connectivity index (χ3v) is 2.77. The molecule has 0 aliphatic carbocycles. The van der Waals surface area contributed by atoms with Crippen LogP contribution in [0.3, 0.4) is 0 Å². The van der Waals surface area contributed by atoms with Crippen LogP contribution in [0.4, 0.5) is 0 Å². The number of nitrogens with one attached hydrogen (secondary N) is 1. The molecular weight excluding hydrogens is 174 g/mol. The van der Waals surface area contributed by atoms with Crippen LogP contribution < -0.4 is 5.32 Å². The van der Waals surface area contributed by atoms with Gasteiger partial charge in [0.05, 0.1) is 5.60 Å². The van der Waals surface area contributed by atoms with E-state index in [1.54, 1.807) is 0 Å². The summed E-state index contributed by atoms with van der Waals surface area (Å²) in [6, 6.07) is 0.447. The van der Waals surface area contributed by atoms with E-state index in [4.69, 9.17) is 0 Å². The summed E-state index contributed by atoms with van der Waals surface area (Å²) in [5.74, 6) is 0.652. The standard InChI is InChI=1S/C12H27NO/c1-6-11(7-2)8-12(5,14)9-13-10(3)4/h10-11,13-14H,6-9H2,1-5H3. The molecule has 0 rings (SSSR count). The van der Waals surface area contributed by atoms with E-state index in [2.05, 4.69) is 33.0 Å². The van der Waals surface area contributed by atoms with E-state index < -0.39 is 5.60 Å². The second-order valence-electron chi connectivity index (χ2n) is 4.92. The number of hydrogen-bond donors (Lipinski definition) is 2. The fraction of sp³-hybridized carbons (Fsp3) is 1.00. The van der Waals surface area contributed by atoms with Gasteiger partial charge in [-0.15, -0.1) is 0 Å². The Hall–Kier alpha value is -0.0800. The van der Waals surface area contributed by atoms with Crippen LogP contribution in [0.15, 0.2) is 0 Å². The van der Waals surface area contributed by atoms with Gasteiger partial charge in [-0.25, -0.2) is 0 Å². The molecule has 0 bridgehead atoms. The van der Waals surface area contributed by atoms with Gasteiger partial charge in [0.15, 0.2) is 0 Å². The van der Waals surface area contributed by atoms with Crippen molar-refractivity contribution in [2.45, 2.75) is 65.5 Å². The molecule has 0 saturated heterocycles. The molecule has 0 saturated carbocycles. The van der Waals surface area contributed by atoms with Crippen LogP contribution in [0.25, 0.3) is 0 Å². The first-order chi connectivity index (χ1) is 6.41. The van der Waals surface area contributed by atoms with Crippen LogP contribution in [0.1, 0.15) is 53.9 Å². The minimum Gasteiger partial charge on any atom is -0.389 e. The highest BCUT2D eigenvalue weighted by atomic mass is 16.3. The summed E-state index contributed by atoms with van der Waals surface area (Å²) in [4.78, 5) is 0. The van der Waals surface area contributed by atoms with Gasteiger partial charge < -0.3 is 10.4 Å². The van der Waals surface area contributed by atoms with Crippen molar-refractivity contribution in [1.29, 1.82) is 0 Å². The monoisotopic (exact) mass is 201 g/mol. The Balaban J connectivity index is 3.91. The summed E-state index contributed by atoms with van der Waals surface area (Å²) in [7, 11) is 0. The van der Waals surface area contributed by atoms with E-state index in [9.17, 15) is 5.11 Å². The van der Waals surface area contributed by atoms with E-state index in [1.807, 2.05) is 6.92 Å². The van der Waals surface area contributed by atoms with Crippen molar-refractivity contribution in [1.82, 2.24) is 5.32 Å². The van der Waals surface area contributed by atoms with Crippen molar-refractivity contribution < 1.29 is 5.11 Å². The topological polar surface area (TPSA) is 32.3 Å². The van der Waals surface area contributed by atoms with Crippen molar-refractivity contribution in [3.05, 3.63) is 0 Å². The van der Waals surface area contributed by atoms with Gasteiger partial charge in [0.25, 0.3) is 0 Å². The minimum absolute atomic E-state index is 0.447. The number of hydrogen-bond acceptors (Lipinski definition) is 2. The molecule has 1 atom stereocenters. The Morgan fingerprint density at radius 2 is 1.71 bits per heavy atom. The van der Waals surface area contributed by atoms with Gasteiger partial charge in [-0.3, -0.25) is 0 Å². The Kier molecular flexibility index (Phi) is 6.38. The van der Waals surface area contributed by atoms with Gasteiger partial charge in [0, 0.05) is 12.6 Å². The van der Waals surface area contributed by atoms with E-state index in [0.717, 1.165) is 19.3 Å². The maximum Gasteiger partial charge on any atom is 0.0746 e. The molecule has 0 amide bonds. The van der Waals surface area contributed by atoms with Crippen LogP contribution in [0.2, 0.25) is 0 Å². The molecule has 0 aromatic heterocycles. The summed E-state index contributed by atoms with van der Waals surface area (Å²) >= 11 is 0. The lowest BCUT2D eigenvalue weighted by molar-refractivity contribution is 0.0309. The molecule has 0 aliphatic rings. The molecule has 0 aromatic carbocycles. The first kappa shape index (κ1) is 13.9. The summed E-state index contributed by atoms with van der Waals surface area (Å²) in [6.07, 6.45) is 3.22. The van der Waals surface area contributed by atoms with Gasteiger partial charge >= 0.3 is 0 Å². The third-order valence-electron chi connectivity index (χ3n) is 2.77. The zero-order valence-electron chi connectivity index (χ0n) is 10.4. The Morgan fingerprint density at radius 3 is 2.07 bits per heavy atom. The molecule has 0 spiro atoms. The lowest BCUT2D eigenvalue weighted by Gasteiger charge is -2.28. The summed E-state index contributed by atoms with van der Waals surface area (Å²) < 4.78 is 0. The molecule has 2 heteroatoms. The number of rotatable bonds is 7. The average Bonchev–Trinajstić information content (AvgIpc) is 2.11. The Bertz CT molecular complexity index is 139. The minimum atomic E-state index is -0.555. The molecule has 0 fully saturated rings. The third kappa shape index (κ3) is 6.39. The average molecular weight is 201 g/mol.